The van der Waals surface area contributed by atoms with E-state index in [9.17, 15) is 39.0 Å². The highest BCUT2D eigenvalue weighted by Gasteiger charge is 2.68. The van der Waals surface area contributed by atoms with Gasteiger partial charge in [0.15, 0.2) is 24.1 Å². The Morgan fingerprint density at radius 1 is 0.917 bits per heavy atom. The second kappa shape index (κ2) is 15.3. The molecule has 0 radical (unpaired) electrons. The Hall–Kier alpha value is -3.58. The number of aliphatic hydroxyl groups excluding tert-OH is 1. The van der Waals surface area contributed by atoms with Crippen molar-refractivity contribution in [2.24, 2.45) is 29.1 Å². The Kier molecular flexibility index (Phi) is 13.0. The highest BCUT2D eigenvalue weighted by Crippen LogP contribution is 2.51. The van der Waals surface area contributed by atoms with Gasteiger partial charge in [-0.3, -0.25) is 28.8 Å². The predicted octanol–water partition coefficient (Wildman–Crippen LogP) is 3.17. The van der Waals surface area contributed by atoms with Gasteiger partial charge in [-0.25, -0.2) is 0 Å². The molecule has 0 spiro atoms. The van der Waals surface area contributed by atoms with E-state index in [0.29, 0.717) is 6.42 Å². The first-order valence-corrected chi connectivity index (χ1v) is 16.2. The first kappa shape index (κ1) is 40.6. The average molecular weight is 681 g/mol. The molecule has 13 nitrogen and oxygen atoms in total. The molecule has 48 heavy (non-hydrogen) atoms. The highest BCUT2D eigenvalue weighted by atomic mass is 16.6. The lowest BCUT2D eigenvalue weighted by molar-refractivity contribution is -0.193. The summed E-state index contributed by atoms with van der Waals surface area (Å²) >= 11 is 0. The lowest BCUT2D eigenvalue weighted by Crippen LogP contribution is -2.58. The largest absolute Gasteiger partial charge is 0.458 e. The van der Waals surface area contributed by atoms with Gasteiger partial charge in [-0.1, -0.05) is 67.2 Å². The number of hydrogen-bond donors (Lipinski definition) is 2. The zero-order chi connectivity index (χ0) is 37.1. The number of ketones is 1. The maximum atomic E-state index is 14.3. The predicted molar refractivity (Wildman–Crippen MR) is 171 cm³/mol. The van der Waals surface area contributed by atoms with E-state index >= 15 is 0 Å². The van der Waals surface area contributed by atoms with Gasteiger partial charge < -0.3 is 33.9 Å². The van der Waals surface area contributed by atoms with E-state index in [1.807, 2.05) is 0 Å². The van der Waals surface area contributed by atoms with Crippen LogP contribution in [0, 0.1) is 29.1 Å². The molecule has 270 valence electrons. The number of fused-ring (bicyclic) bond motifs is 1. The molecule has 0 bridgehead atoms. The van der Waals surface area contributed by atoms with Gasteiger partial charge in [-0.2, -0.15) is 0 Å². The van der Waals surface area contributed by atoms with E-state index in [0.717, 1.165) is 20.8 Å². The quantitative estimate of drug-likeness (QED) is 0.216. The molecule has 10 atom stereocenters. The topological polar surface area (TPSA) is 189 Å². The van der Waals surface area contributed by atoms with Crippen molar-refractivity contribution >= 4 is 35.6 Å². The maximum Gasteiger partial charge on any atom is 0.309 e. The molecule has 0 amide bonds. The summed E-state index contributed by atoms with van der Waals surface area (Å²) < 4.78 is 28.9. The van der Waals surface area contributed by atoms with Crippen LogP contribution in [0.2, 0.25) is 0 Å². The number of carbonyl (C=O) groups is 6. The van der Waals surface area contributed by atoms with E-state index in [2.05, 4.69) is 6.58 Å². The van der Waals surface area contributed by atoms with Gasteiger partial charge in [-0.15, -0.1) is 0 Å². The fourth-order valence-corrected chi connectivity index (χ4v) is 6.32. The van der Waals surface area contributed by atoms with Crippen LogP contribution in [0.5, 0.6) is 0 Å². The molecule has 0 unspecified atom stereocenters. The lowest BCUT2D eigenvalue weighted by atomic mass is 9.72. The fraction of sp³-hybridized carbons (Fsp3) is 0.714. The molecule has 2 rings (SSSR count). The SMILES string of the molecule is C=C1[C@H](OC(=O)C(C)C)[C@@H](OC(C)=O)[C@@H](OC(C)=O)C(C)(C)/C=C/[C@H](C)C(=O)[C@@]2(O)C[C@@](C)(OC(C)=O)[C@H](O)[C@@H]2[C@H]1OC(=O)[C@H](C)CC. The Morgan fingerprint density at radius 3 is 1.94 bits per heavy atom. The smallest absolute Gasteiger partial charge is 0.309 e. The molecule has 2 N–H and O–H groups in total. The molecule has 0 aliphatic heterocycles. The molecule has 2 aliphatic rings. The standard InChI is InChI=1S/C35H52O13/c1-13-18(4)32(42)46-25-20(6)26(47-31(41)17(2)3)27(44-21(7)36)30(45-22(8)37)33(10,11)15-14-19(5)28(39)35(43)16-34(12,48-23(9)38)29(40)24(25)35/h14-15,17-19,24-27,29-30,40,43H,6,13,16H2,1-5,7-12H3/b15-14+/t18-,19+,24+,25+,26+,27-,29-,30-,34-,35-/m1/s1. The monoisotopic (exact) mass is 680 g/mol. The summed E-state index contributed by atoms with van der Waals surface area (Å²) in [5, 5.41) is 24.3. The molecular formula is C35H52O13. The Balaban J connectivity index is 3.12. The summed E-state index contributed by atoms with van der Waals surface area (Å²) in [6.45, 7) is 19.9. The average Bonchev–Trinajstić information content (AvgIpc) is 3.16. The first-order valence-electron chi connectivity index (χ1n) is 16.2. The summed E-state index contributed by atoms with van der Waals surface area (Å²) in [7, 11) is 0. The van der Waals surface area contributed by atoms with Gasteiger partial charge in [0.1, 0.15) is 23.4 Å². The van der Waals surface area contributed by atoms with Crippen LogP contribution in [0.4, 0.5) is 0 Å². The molecule has 0 saturated heterocycles. The zero-order valence-corrected chi connectivity index (χ0v) is 29.9. The van der Waals surface area contributed by atoms with Crippen molar-refractivity contribution in [3.05, 3.63) is 24.3 Å². The van der Waals surface area contributed by atoms with Crippen molar-refractivity contribution in [2.75, 3.05) is 0 Å². The van der Waals surface area contributed by atoms with Crippen molar-refractivity contribution in [3.8, 4) is 0 Å². The maximum absolute atomic E-state index is 14.3. The van der Waals surface area contributed by atoms with Crippen molar-refractivity contribution in [1.82, 2.24) is 0 Å². The third-order valence-corrected chi connectivity index (χ3v) is 9.12. The van der Waals surface area contributed by atoms with Crippen LogP contribution in [-0.4, -0.2) is 87.6 Å². The Bertz CT molecular complexity index is 1320. The number of allylic oxidation sites excluding steroid dienone is 1. The number of ether oxygens (including phenoxy) is 5. The van der Waals surface area contributed by atoms with Crippen LogP contribution in [-0.2, 0) is 52.5 Å². The normalized spacial score (nSPS) is 34.8. The highest BCUT2D eigenvalue weighted by molar-refractivity contribution is 5.92. The third-order valence-electron chi connectivity index (χ3n) is 9.12. The van der Waals surface area contributed by atoms with Crippen LogP contribution < -0.4 is 0 Å². The number of aliphatic hydroxyl groups is 2. The lowest BCUT2D eigenvalue weighted by Gasteiger charge is -2.43. The summed E-state index contributed by atoms with van der Waals surface area (Å²) in [6, 6.07) is 0. The molecule has 0 heterocycles. The summed E-state index contributed by atoms with van der Waals surface area (Å²) in [5.74, 6) is -9.07. The van der Waals surface area contributed by atoms with Gasteiger partial charge in [0.2, 0.25) is 0 Å². The van der Waals surface area contributed by atoms with E-state index in [-0.39, 0.29) is 5.57 Å². The Morgan fingerprint density at radius 2 is 1.46 bits per heavy atom. The van der Waals surface area contributed by atoms with Crippen molar-refractivity contribution < 1.29 is 62.7 Å². The second-order valence-corrected chi connectivity index (χ2v) is 14.2. The van der Waals surface area contributed by atoms with E-state index in [1.54, 1.807) is 47.6 Å². The first-order chi connectivity index (χ1) is 21.9. The van der Waals surface area contributed by atoms with E-state index in [1.165, 1.54) is 19.9 Å². The zero-order valence-electron chi connectivity index (χ0n) is 29.9. The number of esters is 5. The minimum absolute atomic E-state index is 0.292. The van der Waals surface area contributed by atoms with Gasteiger partial charge in [0.25, 0.3) is 0 Å². The van der Waals surface area contributed by atoms with Crippen LogP contribution in [0.1, 0.15) is 89.0 Å². The molecule has 13 heteroatoms. The van der Waals surface area contributed by atoms with Crippen LogP contribution in [0.15, 0.2) is 24.3 Å². The van der Waals surface area contributed by atoms with Crippen molar-refractivity contribution in [2.45, 2.75) is 131 Å². The van der Waals surface area contributed by atoms with Crippen LogP contribution in [0.25, 0.3) is 0 Å². The second-order valence-electron chi connectivity index (χ2n) is 14.2. The van der Waals surface area contributed by atoms with Gasteiger partial charge in [0, 0.05) is 44.1 Å². The molecule has 1 fully saturated rings. The molecule has 0 aromatic heterocycles. The number of carbonyl (C=O) groups excluding carboxylic acids is 6. The summed E-state index contributed by atoms with van der Waals surface area (Å²) in [6.07, 6.45) is -5.60. The summed E-state index contributed by atoms with van der Waals surface area (Å²) in [4.78, 5) is 78.4. The van der Waals surface area contributed by atoms with Crippen molar-refractivity contribution in [3.63, 3.8) is 0 Å². The molecule has 0 aromatic rings. The minimum Gasteiger partial charge on any atom is -0.458 e. The molecule has 0 aromatic carbocycles. The van der Waals surface area contributed by atoms with Crippen molar-refractivity contribution in [1.29, 1.82) is 0 Å². The third kappa shape index (κ3) is 8.71. The van der Waals surface area contributed by atoms with Gasteiger partial charge in [0.05, 0.1) is 17.8 Å². The number of hydrogen-bond acceptors (Lipinski definition) is 13. The van der Waals surface area contributed by atoms with E-state index < -0.39 is 113 Å². The fourth-order valence-electron chi connectivity index (χ4n) is 6.32. The molecular weight excluding hydrogens is 628 g/mol. The van der Waals surface area contributed by atoms with Crippen LogP contribution in [0.3, 0.4) is 0 Å². The molecule has 2 aliphatic carbocycles. The molecule has 1 saturated carbocycles. The summed E-state index contributed by atoms with van der Waals surface area (Å²) in [5.41, 5.74) is -5.88. The van der Waals surface area contributed by atoms with Gasteiger partial charge >= 0.3 is 29.8 Å². The van der Waals surface area contributed by atoms with E-state index in [4.69, 9.17) is 23.7 Å². The Labute approximate surface area is 282 Å². The number of rotatable bonds is 8. The minimum atomic E-state index is -2.50. The van der Waals surface area contributed by atoms with Gasteiger partial charge in [-0.05, 0) is 13.3 Å². The van der Waals surface area contributed by atoms with Crippen LogP contribution >= 0.6 is 0 Å². The number of Topliss-reactive ketones (excluding diaryl/α,β-unsaturated/α-hetero) is 1.